The first-order valence-corrected chi connectivity index (χ1v) is 10.8. The van der Waals surface area contributed by atoms with E-state index in [-0.39, 0.29) is 47.5 Å². The first-order valence-electron chi connectivity index (χ1n) is 10.8. The standard InChI is InChI=1S/C25H17F10NO/c26-16-8-9-17(19(13-16)23(27,28)29)18-5-1-2-6-21(18)36-11-3-4-14-12-15(7-10-20(14)36)22(37,24(30,31)32)25(33,34)35/h1-2,5-10,12-13,37H,3-4,11H2. The van der Waals surface area contributed by atoms with Gasteiger partial charge in [0.15, 0.2) is 0 Å². The third-order valence-electron chi connectivity index (χ3n) is 6.21. The van der Waals surface area contributed by atoms with Crippen LogP contribution < -0.4 is 4.90 Å². The van der Waals surface area contributed by atoms with Crippen molar-refractivity contribution in [3.8, 4) is 11.1 Å². The highest BCUT2D eigenvalue weighted by Gasteiger charge is 2.71. The summed E-state index contributed by atoms with van der Waals surface area (Å²) in [6.07, 6.45) is -16.7. The quantitative estimate of drug-likeness (QED) is 0.344. The number of aliphatic hydroxyl groups is 1. The van der Waals surface area contributed by atoms with Gasteiger partial charge < -0.3 is 10.0 Å². The van der Waals surface area contributed by atoms with Gasteiger partial charge in [0, 0.05) is 29.0 Å². The number of aryl methyl sites for hydroxylation is 1. The Balaban J connectivity index is 1.86. The second-order valence-electron chi connectivity index (χ2n) is 8.51. The lowest BCUT2D eigenvalue weighted by molar-refractivity contribution is -0.376. The molecule has 1 N–H and O–H groups in total. The van der Waals surface area contributed by atoms with E-state index < -0.39 is 41.1 Å². The highest BCUT2D eigenvalue weighted by atomic mass is 19.4. The number of alkyl halides is 9. The van der Waals surface area contributed by atoms with Gasteiger partial charge in [0.2, 0.25) is 0 Å². The monoisotopic (exact) mass is 537 g/mol. The Kier molecular flexibility index (Phi) is 6.46. The van der Waals surface area contributed by atoms with E-state index in [1.165, 1.54) is 29.2 Å². The van der Waals surface area contributed by atoms with Crippen LogP contribution in [0.5, 0.6) is 0 Å². The summed E-state index contributed by atoms with van der Waals surface area (Å²) in [7, 11) is 0. The SMILES string of the molecule is OC(c1ccc2c(c1)CCCN2c1ccccc1-c1ccc(F)cc1C(F)(F)F)(C(F)(F)F)C(F)(F)F. The predicted molar refractivity (Wildman–Crippen MR) is 115 cm³/mol. The molecule has 12 heteroatoms. The van der Waals surface area contributed by atoms with E-state index in [1.807, 2.05) is 0 Å². The number of fused-ring (bicyclic) bond motifs is 1. The first kappa shape index (κ1) is 26.8. The molecule has 0 aliphatic carbocycles. The van der Waals surface area contributed by atoms with Gasteiger partial charge in [-0.2, -0.15) is 39.5 Å². The molecule has 198 valence electrons. The Hall–Kier alpha value is -3.28. The van der Waals surface area contributed by atoms with Gasteiger partial charge in [-0.05, 0) is 48.2 Å². The number of benzene rings is 3. The van der Waals surface area contributed by atoms with Crippen molar-refractivity contribution in [3.05, 3.63) is 83.2 Å². The molecule has 0 saturated carbocycles. The van der Waals surface area contributed by atoms with Crippen molar-refractivity contribution in [2.24, 2.45) is 0 Å². The largest absolute Gasteiger partial charge is 0.430 e. The van der Waals surface area contributed by atoms with Crippen molar-refractivity contribution in [3.63, 3.8) is 0 Å². The zero-order valence-electron chi connectivity index (χ0n) is 18.6. The molecule has 1 aliphatic heterocycles. The fraction of sp³-hybridized carbons (Fsp3) is 0.280. The molecule has 1 heterocycles. The number of halogens is 10. The molecule has 0 atom stereocenters. The van der Waals surface area contributed by atoms with Crippen LogP contribution >= 0.6 is 0 Å². The number of rotatable bonds is 3. The number of anilines is 2. The molecular formula is C25H17F10NO. The summed E-state index contributed by atoms with van der Waals surface area (Å²) in [5.74, 6) is -1.11. The van der Waals surface area contributed by atoms with Gasteiger partial charge in [0.25, 0.3) is 5.60 Å². The van der Waals surface area contributed by atoms with Crippen molar-refractivity contribution in [2.75, 3.05) is 11.4 Å². The summed E-state index contributed by atoms with van der Waals surface area (Å²) in [5.41, 5.74) is -7.68. The molecule has 0 aromatic heterocycles. The third kappa shape index (κ3) is 4.62. The molecule has 0 amide bonds. The number of hydrogen-bond acceptors (Lipinski definition) is 2. The van der Waals surface area contributed by atoms with Crippen molar-refractivity contribution >= 4 is 11.4 Å². The Labute approximate surface area is 203 Å². The summed E-state index contributed by atoms with van der Waals surface area (Å²) < 4.78 is 135. The summed E-state index contributed by atoms with van der Waals surface area (Å²) in [6.45, 7) is 0.189. The summed E-state index contributed by atoms with van der Waals surface area (Å²) in [5, 5.41) is 9.76. The molecule has 0 radical (unpaired) electrons. The fourth-order valence-corrected chi connectivity index (χ4v) is 4.48. The lowest BCUT2D eigenvalue weighted by atomic mass is 9.88. The van der Waals surface area contributed by atoms with Gasteiger partial charge in [-0.25, -0.2) is 4.39 Å². The summed E-state index contributed by atoms with van der Waals surface area (Å²) in [4.78, 5) is 1.47. The first-order chi connectivity index (χ1) is 17.1. The van der Waals surface area contributed by atoms with Crippen LogP contribution in [-0.2, 0) is 18.2 Å². The maximum Gasteiger partial charge on any atom is 0.430 e. The fourth-order valence-electron chi connectivity index (χ4n) is 4.48. The molecular weight excluding hydrogens is 520 g/mol. The highest BCUT2D eigenvalue weighted by molar-refractivity contribution is 5.85. The highest BCUT2D eigenvalue weighted by Crippen LogP contribution is 2.51. The smallest absolute Gasteiger partial charge is 0.369 e. The van der Waals surface area contributed by atoms with Crippen molar-refractivity contribution in [2.45, 2.75) is 37.0 Å². The zero-order valence-corrected chi connectivity index (χ0v) is 18.6. The molecule has 37 heavy (non-hydrogen) atoms. The Bertz CT molecular complexity index is 1300. The van der Waals surface area contributed by atoms with Gasteiger partial charge in [-0.1, -0.05) is 36.4 Å². The second-order valence-corrected chi connectivity index (χ2v) is 8.51. The summed E-state index contributed by atoms with van der Waals surface area (Å²) in [6, 6.07) is 9.99. The molecule has 0 saturated heterocycles. The minimum absolute atomic E-state index is 0.0360. The van der Waals surface area contributed by atoms with Gasteiger partial charge in [0.05, 0.1) is 5.56 Å². The van der Waals surface area contributed by atoms with Crippen LogP contribution in [0.3, 0.4) is 0 Å². The molecule has 3 aromatic rings. The van der Waals surface area contributed by atoms with Crippen LogP contribution in [0.15, 0.2) is 60.7 Å². The van der Waals surface area contributed by atoms with Gasteiger partial charge in [-0.3, -0.25) is 0 Å². The normalized spacial score (nSPS) is 15.1. The van der Waals surface area contributed by atoms with Gasteiger partial charge in [-0.15, -0.1) is 0 Å². The lowest BCUT2D eigenvalue weighted by Gasteiger charge is -2.36. The maximum atomic E-state index is 13.7. The Morgan fingerprint density at radius 3 is 1.97 bits per heavy atom. The zero-order chi connectivity index (χ0) is 27.4. The Morgan fingerprint density at radius 1 is 0.703 bits per heavy atom. The third-order valence-corrected chi connectivity index (χ3v) is 6.21. The number of nitrogens with zero attached hydrogens (tertiary/aromatic N) is 1. The van der Waals surface area contributed by atoms with Crippen LogP contribution in [0.25, 0.3) is 11.1 Å². The van der Waals surface area contributed by atoms with E-state index in [2.05, 4.69) is 0 Å². The number of hydrogen-bond donors (Lipinski definition) is 1. The summed E-state index contributed by atoms with van der Waals surface area (Å²) >= 11 is 0. The van der Waals surface area contributed by atoms with Crippen LogP contribution in [0.1, 0.15) is 23.1 Å². The minimum Gasteiger partial charge on any atom is -0.369 e. The van der Waals surface area contributed by atoms with Crippen molar-refractivity contribution in [1.82, 2.24) is 0 Å². The molecule has 0 bridgehead atoms. The second kappa shape index (κ2) is 8.93. The van der Waals surface area contributed by atoms with Crippen molar-refractivity contribution in [1.29, 1.82) is 0 Å². The molecule has 2 nitrogen and oxygen atoms in total. The topological polar surface area (TPSA) is 23.5 Å². The minimum atomic E-state index is -6.06. The van der Waals surface area contributed by atoms with Crippen LogP contribution in [0, 0.1) is 5.82 Å². The van der Waals surface area contributed by atoms with Crippen LogP contribution in [0.4, 0.5) is 55.3 Å². The Morgan fingerprint density at radius 2 is 1.35 bits per heavy atom. The van der Waals surface area contributed by atoms with Gasteiger partial charge >= 0.3 is 18.5 Å². The molecule has 0 unspecified atom stereocenters. The molecule has 1 aliphatic rings. The predicted octanol–water partition coefficient (Wildman–Crippen LogP) is 7.91. The molecule has 0 spiro atoms. The van der Waals surface area contributed by atoms with E-state index in [4.69, 9.17) is 0 Å². The van der Waals surface area contributed by atoms with E-state index in [0.717, 1.165) is 18.2 Å². The van der Waals surface area contributed by atoms with E-state index in [9.17, 15) is 49.0 Å². The van der Waals surface area contributed by atoms with Crippen LogP contribution in [-0.4, -0.2) is 24.0 Å². The number of para-hydroxylation sites is 1. The molecule has 0 fully saturated rings. The molecule has 3 aromatic carbocycles. The van der Waals surface area contributed by atoms with E-state index in [0.29, 0.717) is 18.2 Å². The average molecular weight is 537 g/mol. The average Bonchev–Trinajstić information content (AvgIpc) is 2.81. The lowest BCUT2D eigenvalue weighted by Crippen LogP contribution is -2.54. The van der Waals surface area contributed by atoms with E-state index in [1.54, 1.807) is 0 Å². The molecule has 4 rings (SSSR count). The maximum absolute atomic E-state index is 13.7. The van der Waals surface area contributed by atoms with Gasteiger partial charge in [0.1, 0.15) is 5.82 Å². The van der Waals surface area contributed by atoms with Crippen LogP contribution in [0.2, 0.25) is 0 Å². The van der Waals surface area contributed by atoms with Crippen molar-refractivity contribution < 1.29 is 49.0 Å². The van der Waals surface area contributed by atoms with E-state index >= 15 is 0 Å².